The molecule has 9 heteroatoms. The molecular formula is C24H17Cl2N3O3S. The van der Waals surface area contributed by atoms with Gasteiger partial charge in [-0.1, -0.05) is 53.0 Å². The second-order valence-electron chi connectivity index (χ2n) is 7.30. The number of phenols is 1. The number of carbonyl (C=O) groups excluding carboxylic acids is 2. The lowest BCUT2D eigenvalue weighted by molar-refractivity contribution is -0.123. The maximum absolute atomic E-state index is 12.8. The third kappa shape index (κ3) is 5.45. The fraction of sp³-hybridized carbons (Fsp3) is 0.0833. The molecule has 0 bridgehead atoms. The lowest BCUT2D eigenvalue weighted by Crippen LogP contribution is -2.27. The Bertz CT molecular complexity index is 1320. The Labute approximate surface area is 204 Å². The third-order valence-electron chi connectivity index (χ3n) is 4.78. The Hall–Kier alpha value is -3.13. The van der Waals surface area contributed by atoms with Crippen LogP contribution in [0.2, 0.25) is 10.0 Å². The number of aryl methyl sites for hydroxylation is 1. The molecule has 0 aliphatic carbocycles. The standard InChI is InChI=1S/C24H17Cl2N3O3S/c1-14-3-2-4-15(9-14)13-29-23(31)22(33-24(29)32)11-16-10-18(6-8-21(16)30)27-28-20-7-5-17(25)12-19(20)26/h2-12,30H,13H2,1H3/b22-11-,28-27?. The summed E-state index contributed by atoms with van der Waals surface area (Å²) in [6, 6.07) is 17.1. The molecule has 1 N–H and O–H groups in total. The highest BCUT2D eigenvalue weighted by Crippen LogP contribution is 2.36. The van der Waals surface area contributed by atoms with Crippen LogP contribution >= 0.6 is 35.0 Å². The molecule has 0 spiro atoms. The second kappa shape index (κ2) is 9.79. The Morgan fingerprint density at radius 2 is 1.85 bits per heavy atom. The number of aromatic hydroxyl groups is 1. The number of amides is 2. The summed E-state index contributed by atoms with van der Waals surface area (Å²) in [6.07, 6.45) is 1.48. The predicted octanol–water partition coefficient (Wildman–Crippen LogP) is 7.66. The zero-order valence-electron chi connectivity index (χ0n) is 17.3. The predicted molar refractivity (Wildman–Crippen MR) is 131 cm³/mol. The minimum Gasteiger partial charge on any atom is -0.507 e. The number of azo groups is 1. The second-order valence-corrected chi connectivity index (χ2v) is 9.13. The molecule has 1 saturated heterocycles. The highest BCUT2D eigenvalue weighted by Gasteiger charge is 2.35. The van der Waals surface area contributed by atoms with E-state index in [1.165, 1.54) is 17.0 Å². The van der Waals surface area contributed by atoms with Crippen molar-refractivity contribution in [2.45, 2.75) is 13.5 Å². The van der Waals surface area contributed by atoms with Gasteiger partial charge in [0.25, 0.3) is 11.1 Å². The molecule has 0 radical (unpaired) electrons. The van der Waals surface area contributed by atoms with Gasteiger partial charge in [0.2, 0.25) is 0 Å². The maximum atomic E-state index is 12.8. The number of carbonyl (C=O) groups is 2. The monoisotopic (exact) mass is 497 g/mol. The van der Waals surface area contributed by atoms with Crippen LogP contribution < -0.4 is 0 Å². The van der Waals surface area contributed by atoms with E-state index in [1.807, 2.05) is 31.2 Å². The van der Waals surface area contributed by atoms with Crippen molar-refractivity contribution in [3.63, 3.8) is 0 Å². The first kappa shape index (κ1) is 23.0. The molecule has 0 saturated carbocycles. The summed E-state index contributed by atoms with van der Waals surface area (Å²) >= 11 is 12.8. The lowest BCUT2D eigenvalue weighted by Gasteiger charge is -2.12. The zero-order valence-corrected chi connectivity index (χ0v) is 19.7. The van der Waals surface area contributed by atoms with Crippen LogP contribution in [0.3, 0.4) is 0 Å². The van der Waals surface area contributed by atoms with Gasteiger partial charge in [0.05, 0.1) is 22.2 Å². The van der Waals surface area contributed by atoms with Crippen LogP contribution in [0.25, 0.3) is 6.08 Å². The highest BCUT2D eigenvalue weighted by atomic mass is 35.5. The average molecular weight is 498 g/mol. The van der Waals surface area contributed by atoms with Crippen molar-refractivity contribution in [1.82, 2.24) is 4.90 Å². The summed E-state index contributed by atoms with van der Waals surface area (Å²) in [5.41, 5.74) is 3.13. The van der Waals surface area contributed by atoms with E-state index < -0.39 is 5.91 Å². The van der Waals surface area contributed by atoms with Gasteiger partial charge in [-0.2, -0.15) is 5.11 Å². The quantitative estimate of drug-likeness (QED) is 0.289. The van der Waals surface area contributed by atoms with Crippen LogP contribution in [0.5, 0.6) is 5.75 Å². The number of halogens is 2. The van der Waals surface area contributed by atoms with Crippen molar-refractivity contribution >= 4 is 63.6 Å². The average Bonchev–Trinajstić information content (AvgIpc) is 3.02. The van der Waals surface area contributed by atoms with Crippen molar-refractivity contribution in [1.29, 1.82) is 0 Å². The van der Waals surface area contributed by atoms with Gasteiger partial charge in [0.1, 0.15) is 11.4 Å². The van der Waals surface area contributed by atoms with E-state index in [9.17, 15) is 14.7 Å². The summed E-state index contributed by atoms with van der Waals surface area (Å²) in [5, 5.41) is 19.0. The number of rotatable bonds is 5. The van der Waals surface area contributed by atoms with Gasteiger partial charge in [-0.15, -0.1) is 5.11 Å². The molecular weight excluding hydrogens is 481 g/mol. The fourth-order valence-corrected chi connectivity index (χ4v) is 4.44. The van der Waals surface area contributed by atoms with Crippen LogP contribution in [0.4, 0.5) is 16.2 Å². The molecule has 0 unspecified atom stereocenters. The smallest absolute Gasteiger partial charge is 0.293 e. The van der Waals surface area contributed by atoms with Crippen molar-refractivity contribution in [3.8, 4) is 5.75 Å². The Morgan fingerprint density at radius 1 is 1.03 bits per heavy atom. The van der Waals surface area contributed by atoms with Gasteiger partial charge in [0, 0.05) is 10.6 Å². The minimum absolute atomic E-state index is 0.0519. The number of benzene rings is 3. The Kier molecular flexibility index (Phi) is 6.83. The van der Waals surface area contributed by atoms with Crippen LogP contribution in [0, 0.1) is 6.92 Å². The lowest BCUT2D eigenvalue weighted by atomic mass is 10.1. The summed E-state index contributed by atoms with van der Waals surface area (Å²) < 4.78 is 0. The summed E-state index contributed by atoms with van der Waals surface area (Å²) in [4.78, 5) is 26.7. The minimum atomic E-state index is -0.411. The van der Waals surface area contributed by atoms with Crippen molar-refractivity contribution in [3.05, 3.63) is 92.3 Å². The Morgan fingerprint density at radius 3 is 2.61 bits per heavy atom. The zero-order chi connectivity index (χ0) is 23.5. The molecule has 33 heavy (non-hydrogen) atoms. The molecule has 4 rings (SSSR count). The van der Waals surface area contributed by atoms with Crippen LogP contribution in [0.1, 0.15) is 16.7 Å². The normalized spacial score (nSPS) is 15.2. The highest BCUT2D eigenvalue weighted by molar-refractivity contribution is 8.18. The van der Waals surface area contributed by atoms with E-state index in [4.69, 9.17) is 23.2 Å². The van der Waals surface area contributed by atoms with Gasteiger partial charge < -0.3 is 5.11 Å². The first-order valence-corrected chi connectivity index (χ1v) is 11.4. The van der Waals surface area contributed by atoms with Gasteiger partial charge in [-0.25, -0.2) is 0 Å². The van der Waals surface area contributed by atoms with Crippen LogP contribution in [-0.4, -0.2) is 21.2 Å². The molecule has 0 aromatic heterocycles. The van der Waals surface area contributed by atoms with Gasteiger partial charge in [0.15, 0.2) is 0 Å². The molecule has 3 aromatic carbocycles. The molecule has 1 fully saturated rings. The number of phenolic OH excluding ortho intramolecular Hbond substituents is 1. The maximum Gasteiger partial charge on any atom is 0.293 e. The van der Waals surface area contributed by atoms with Crippen molar-refractivity contribution in [2.24, 2.45) is 10.2 Å². The number of thioether (sulfide) groups is 1. The number of hydrogen-bond donors (Lipinski definition) is 1. The van der Waals surface area contributed by atoms with Gasteiger partial charge in [-0.3, -0.25) is 14.5 Å². The molecule has 1 aliphatic heterocycles. The largest absolute Gasteiger partial charge is 0.507 e. The molecule has 6 nitrogen and oxygen atoms in total. The summed E-state index contributed by atoms with van der Waals surface area (Å²) in [6.45, 7) is 2.14. The van der Waals surface area contributed by atoms with E-state index in [0.29, 0.717) is 27.0 Å². The molecule has 166 valence electrons. The molecule has 3 aromatic rings. The number of nitrogens with zero attached hydrogens (tertiary/aromatic N) is 3. The SMILES string of the molecule is Cc1cccc(CN2C(=O)S/C(=C\c3cc(N=Nc4ccc(Cl)cc4Cl)ccc3O)C2=O)c1. The number of imide groups is 1. The molecule has 2 amide bonds. The third-order valence-corrected chi connectivity index (χ3v) is 6.22. The van der Waals surface area contributed by atoms with E-state index in [1.54, 1.807) is 30.3 Å². The van der Waals surface area contributed by atoms with Crippen LogP contribution in [-0.2, 0) is 11.3 Å². The summed E-state index contributed by atoms with van der Waals surface area (Å²) in [7, 11) is 0. The van der Waals surface area contributed by atoms with E-state index >= 15 is 0 Å². The number of hydrogen-bond acceptors (Lipinski definition) is 6. The van der Waals surface area contributed by atoms with E-state index in [-0.39, 0.29) is 22.4 Å². The molecule has 1 heterocycles. The van der Waals surface area contributed by atoms with Crippen LogP contribution in [0.15, 0.2) is 75.8 Å². The topological polar surface area (TPSA) is 82.3 Å². The summed E-state index contributed by atoms with van der Waals surface area (Å²) in [5.74, 6) is -0.463. The molecule has 0 atom stereocenters. The van der Waals surface area contributed by atoms with Crippen molar-refractivity contribution in [2.75, 3.05) is 0 Å². The first-order chi connectivity index (χ1) is 15.8. The van der Waals surface area contributed by atoms with Gasteiger partial charge >= 0.3 is 0 Å². The fourth-order valence-electron chi connectivity index (χ4n) is 3.16. The van der Waals surface area contributed by atoms with Gasteiger partial charge in [-0.05, 0) is 66.7 Å². The van der Waals surface area contributed by atoms with E-state index in [0.717, 1.165) is 22.9 Å². The van der Waals surface area contributed by atoms with Crippen molar-refractivity contribution < 1.29 is 14.7 Å². The molecule has 1 aliphatic rings. The Balaban J connectivity index is 1.56. The van der Waals surface area contributed by atoms with E-state index in [2.05, 4.69) is 10.2 Å². The first-order valence-electron chi connectivity index (χ1n) is 9.81.